The van der Waals surface area contributed by atoms with Crippen molar-refractivity contribution in [1.29, 1.82) is 0 Å². The molecule has 0 N–H and O–H groups in total. The zero-order chi connectivity index (χ0) is 21.7. The molecule has 1 fully saturated rings. The van der Waals surface area contributed by atoms with Crippen LogP contribution in [-0.4, -0.2) is 47.4 Å². The maximum atomic E-state index is 12.7. The SMILES string of the molecule is Cc1ccccc1CN(C)C(=O)c1ccc(OCC(=O)N2C(C)CCCC2C)cc1. The minimum atomic E-state index is -0.0446. The summed E-state index contributed by atoms with van der Waals surface area (Å²) in [6, 6.07) is 15.6. The van der Waals surface area contributed by atoms with E-state index in [1.165, 1.54) is 12.0 Å². The highest BCUT2D eigenvalue weighted by Gasteiger charge is 2.29. The molecule has 1 heterocycles. The van der Waals surface area contributed by atoms with E-state index in [2.05, 4.69) is 13.8 Å². The highest BCUT2D eigenvalue weighted by molar-refractivity contribution is 5.94. The van der Waals surface area contributed by atoms with Crippen LogP contribution >= 0.6 is 0 Å². The van der Waals surface area contributed by atoms with E-state index in [-0.39, 0.29) is 30.5 Å². The molecule has 1 saturated heterocycles. The number of hydrogen-bond acceptors (Lipinski definition) is 3. The Balaban J connectivity index is 1.56. The first-order valence-corrected chi connectivity index (χ1v) is 10.7. The molecule has 0 aromatic heterocycles. The average molecular weight is 409 g/mol. The number of rotatable bonds is 6. The number of carbonyl (C=O) groups is 2. The van der Waals surface area contributed by atoms with Crippen LogP contribution in [-0.2, 0) is 11.3 Å². The van der Waals surface area contributed by atoms with Crippen LogP contribution in [0.2, 0.25) is 0 Å². The molecule has 3 rings (SSSR count). The molecule has 1 aliphatic rings. The molecule has 2 atom stereocenters. The number of likely N-dealkylation sites (tertiary alicyclic amines) is 1. The van der Waals surface area contributed by atoms with E-state index in [0.29, 0.717) is 17.9 Å². The molecule has 2 unspecified atom stereocenters. The van der Waals surface area contributed by atoms with E-state index in [1.807, 2.05) is 36.1 Å². The Morgan fingerprint density at radius 3 is 2.30 bits per heavy atom. The van der Waals surface area contributed by atoms with Crippen molar-refractivity contribution in [3.8, 4) is 5.75 Å². The Hall–Kier alpha value is -2.82. The number of amides is 2. The fraction of sp³-hybridized carbons (Fsp3) is 0.440. The number of nitrogens with zero attached hydrogens (tertiary/aromatic N) is 2. The first kappa shape index (κ1) is 21.9. The van der Waals surface area contributed by atoms with Crippen LogP contribution in [0.4, 0.5) is 0 Å². The quantitative estimate of drug-likeness (QED) is 0.710. The van der Waals surface area contributed by atoms with Crippen molar-refractivity contribution >= 4 is 11.8 Å². The minimum Gasteiger partial charge on any atom is -0.484 e. The van der Waals surface area contributed by atoms with E-state index < -0.39 is 0 Å². The topological polar surface area (TPSA) is 49.9 Å². The normalized spacial score (nSPS) is 18.7. The van der Waals surface area contributed by atoms with Gasteiger partial charge in [-0.1, -0.05) is 24.3 Å². The fourth-order valence-corrected chi connectivity index (χ4v) is 4.16. The van der Waals surface area contributed by atoms with Crippen molar-refractivity contribution < 1.29 is 14.3 Å². The van der Waals surface area contributed by atoms with Crippen LogP contribution in [0.15, 0.2) is 48.5 Å². The van der Waals surface area contributed by atoms with E-state index >= 15 is 0 Å². The van der Waals surface area contributed by atoms with Gasteiger partial charge in [-0.2, -0.15) is 0 Å². The standard InChI is InChI=1S/C25H32N2O3/c1-18-8-5-6-11-22(18)16-26(4)25(29)21-12-14-23(15-13-21)30-17-24(28)27-19(2)9-7-10-20(27)3/h5-6,8,11-15,19-20H,7,9-10,16-17H2,1-4H3. The Morgan fingerprint density at radius 2 is 1.67 bits per heavy atom. The molecular weight excluding hydrogens is 376 g/mol. The molecule has 30 heavy (non-hydrogen) atoms. The first-order valence-electron chi connectivity index (χ1n) is 10.7. The van der Waals surface area contributed by atoms with Crippen LogP contribution in [0.5, 0.6) is 5.75 Å². The second-order valence-corrected chi connectivity index (χ2v) is 8.33. The largest absolute Gasteiger partial charge is 0.484 e. The molecule has 0 aliphatic carbocycles. The summed E-state index contributed by atoms with van der Waals surface area (Å²) in [6.45, 7) is 6.83. The van der Waals surface area contributed by atoms with Gasteiger partial charge in [0.1, 0.15) is 5.75 Å². The zero-order valence-electron chi connectivity index (χ0n) is 18.4. The summed E-state index contributed by atoms with van der Waals surface area (Å²) in [5, 5.41) is 0. The van der Waals surface area contributed by atoms with Crippen molar-refractivity contribution in [2.75, 3.05) is 13.7 Å². The Kier molecular flexibility index (Phi) is 7.14. The van der Waals surface area contributed by atoms with Crippen molar-refractivity contribution in [3.05, 3.63) is 65.2 Å². The van der Waals surface area contributed by atoms with Gasteiger partial charge in [-0.25, -0.2) is 0 Å². The van der Waals surface area contributed by atoms with Crippen LogP contribution < -0.4 is 4.74 Å². The van der Waals surface area contributed by atoms with E-state index in [0.717, 1.165) is 18.4 Å². The third kappa shape index (κ3) is 5.21. The van der Waals surface area contributed by atoms with E-state index in [1.54, 1.807) is 36.2 Å². The Labute approximate surface area is 179 Å². The lowest BCUT2D eigenvalue weighted by atomic mass is 9.97. The summed E-state index contributed by atoms with van der Waals surface area (Å²) < 4.78 is 5.71. The van der Waals surface area contributed by atoms with Crippen LogP contribution in [0.3, 0.4) is 0 Å². The van der Waals surface area contributed by atoms with Gasteiger partial charge in [0, 0.05) is 31.2 Å². The van der Waals surface area contributed by atoms with Crippen molar-refractivity contribution in [2.45, 2.75) is 58.7 Å². The molecular formula is C25H32N2O3. The Morgan fingerprint density at radius 1 is 1.03 bits per heavy atom. The number of hydrogen-bond donors (Lipinski definition) is 0. The average Bonchev–Trinajstić information content (AvgIpc) is 2.73. The Bertz CT molecular complexity index is 868. The van der Waals surface area contributed by atoms with Crippen LogP contribution in [0.1, 0.15) is 54.6 Å². The summed E-state index contributed by atoms with van der Waals surface area (Å²) >= 11 is 0. The molecule has 2 amide bonds. The molecule has 2 aromatic carbocycles. The van der Waals surface area contributed by atoms with Gasteiger partial charge >= 0.3 is 0 Å². The second kappa shape index (κ2) is 9.79. The van der Waals surface area contributed by atoms with Gasteiger partial charge in [0.2, 0.25) is 0 Å². The molecule has 5 nitrogen and oxygen atoms in total. The molecule has 5 heteroatoms. The highest BCUT2D eigenvalue weighted by atomic mass is 16.5. The molecule has 0 spiro atoms. The lowest BCUT2D eigenvalue weighted by molar-refractivity contribution is -0.139. The van der Waals surface area contributed by atoms with E-state index in [9.17, 15) is 9.59 Å². The summed E-state index contributed by atoms with van der Waals surface area (Å²) in [4.78, 5) is 29.0. The van der Waals surface area contributed by atoms with E-state index in [4.69, 9.17) is 4.74 Å². The zero-order valence-corrected chi connectivity index (χ0v) is 18.4. The number of benzene rings is 2. The van der Waals surface area contributed by atoms with Crippen molar-refractivity contribution in [2.24, 2.45) is 0 Å². The van der Waals surface area contributed by atoms with Gasteiger partial charge < -0.3 is 14.5 Å². The fourth-order valence-electron chi connectivity index (χ4n) is 4.16. The molecule has 0 saturated carbocycles. The maximum absolute atomic E-state index is 12.7. The number of aryl methyl sites for hydroxylation is 1. The first-order chi connectivity index (χ1) is 14.4. The maximum Gasteiger partial charge on any atom is 0.260 e. The number of carbonyl (C=O) groups excluding carboxylic acids is 2. The molecule has 1 aliphatic heterocycles. The summed E-state index contributed by atoms with van der Waals surface area (Å²) in [5.74, 6) is 0.573. The third-order valence-corrected chi connectivity index (χ3v) is 5.96. The van der Waals surface area contributed by atoms with Gasteiger partial charge in [0.05, 0.1) is 0 Å². The predicted molar refractivity (Wildman–Crippen MR) is 119 cm³/mol. The lowest BCUT2D eigenvalue weighted by Crippen LogP contribution is -2.49. The summed E-state index contributed by atoms with van der Waals surface area (Å²) in [6.07, 6.45) is 3.26. The summed E-state index contributed by atoms with van der Waals surface area (Å²) in [7, 11) is 1.80. The van der Waals surface area contributed by atoms with Crippen LogP contribution in [0.25, 0.3) is 0 Å². The van der Waals surface area contributed by atoms with Crippen LogP contribution in [0, 0.1) is 6.92 Å². The molecule has 2 aromatic rings. The van der Waals surface area contributed by atoms with Gasteiger partial charge in [-0.15, -0.1) is 0 Å². The van der Waals surface area contributed by atoms with Gasteiger partial charge in [0.15, 0.2) is 6.61 Å². The number of ether oxygens (including phenoxy) is 1. The lowest BCUT2D eigenvalue weighted by Gasteiger charge is -2.38. The van der Waals surface area contributed by atoms with Gasteiger partial charge in [0.25, 0.3) is 11.8 Å². The minimum absolute atomic E-state index is 0.0211. The van der Waals surface area contributed by atoms with Gasteiger partial charge in [-0.3, -0.25) is 9.59 Å². The van der Waals surface area contributed by atoms with Crippen molar-refractivity contribution in [1.82, 2.24) is 9.80 Å². The molecule has 160 valence electrons. The smallest absolute Gasteiger partial charge is 0.260 e. The summed E-state index contributed by atoms with van der Waals surface area (Å²) in [5.41, 5.74) is 2.90. The number of piperidine rings is 1. The highest BCUT2D eigenvalue weighted by Crippen LogP contribution is 2.23. The molecule has 0 radical (unpaired) electrons. The molecule has 0 bridgehead atoms. The second-order valence-electron chi connectivity index (χ2n) is 8.33. The predicted octanol–water partition coefficient (Wildman–Crippen LogP) is 4.44. The third-order valence-electron chi connectivity index (χ3n) is 5.96. The van der Waals surface area contributed by atoms with Crippen molar-refractivity contribution in [3.63, 3.8) is 0 Å². The monoisotopic (exact) mass is 408 g/mol. The van der Waals surface area contributed by atoms with Gasteiger partial charge in [-0.05, 0) is 75.4 Å².